The fourth-order valence-electron chi connectivity index (χ4n) is 1.86. The van der Waals surface area contributed by atoms with E-state index in [4.69, 9.17) is 17.3 Å². The van der Waals surface area contributed by atoms with Gasteiger partial charge in [-0.05, 0) is 18.4 Å². The molecule has 1 aromatic carbocycles. The highest BCUT2D eigenvalue weighted by molar-refractivity contribution is 6.31. The summed E-state index contributed by atoms with van der Waals surface area (Å²) in [7, 11) is 0. The molecule has 1 aromatic rings. The zero-order valence-electron chi connectivity index (χ0n) is 11.4. The van der Waals surface area contributed by atoms with Gasteiger partial charge in [0.2, 0.25) is 0 Å². The molecule has 3 N–H and O–H groups in total. The first-order chi connectivity index (χ1) is 9.33. The number of nitrogens with one attached hydrogen (secondary N) is 1. The highest BCUT2D eigenvalue weighted by atomic mass is 35.5. The zero-order valence-corrected chi connectivity index (χ0v) is 12.2. The van der Waals surface area contributed by atoms with Crippen LogP contribution in [-0.4, -0.2) is 23.4 Å². The molecule has 0 radical (unpaired) electrons. The van der Waals surface area contributed by atoms with Gasteiger partial charge in [0.25, 0.3) is 11.6 Å². The van der Waals surface area contributed by atoms with E-state index >= 15 is 0 Å². The summed E-state index contributed by atoms with van der Waals surface area (Å²) in [6, 6.07) is 3.63. The molecule has 6 nitrogen and oxygen atoms in total. The molecule has 0 aromatic heterocycles. The van der Waals surface area contributed by atoms with Gasteiger partial charge in [0.1, 0.15) is 0 Å². The molecule has 1 unspecified atom stereocenters. The molecule has 0 spiro atoms. The first-order valence-corrected chi connectivity index (χ1v) is 6.67. The normalized spacial score (nSPS) is 12.2. The van der Waals surface area contributed by atoms with Crippen LogP contribution >= 0.6 is 11.6 Å². The van der Waals surface area contributed by atoms with Crippen molar-refractivity contribution in [3.05, 3.63) is 38.9 Å². The van der Waals surface area contributed by atoms with Crippen molar-refractivity contribution >= 4 is 23.2 Å². The number of hydrogen-bond donors (Lipinski definition) is 2. The molecule has 0 aliphatic rings. The number of hydrogen-bond acceptors (Lipinski definition) is 4. The Hall–Kier alpha value is -1.66. The first kappa shape index (κ1) is 16.4. The Bertz CT molecular complexity index is 506. The molecule has 0 heterocycles. The molecular formula is C13H18ClN3O3. The van der Waals surface area contributed by atoms with E-state index < -0.39 is 10.8 Å². The molecule has 0 saturated carbocycles. The van der Waals surface area contributed by atoms with Gasteiger partial charge in [0, 0.05) is 35.3 Å². The van der Waals surface area contributed by atoms with Gasteiger partial charge in [-0.1, -0.05) is 25.4 Å². The second kappa shape index (κ2) is 7.21. The van der Waals surface area contributed by atoms with E-state index in [9.17, 15) is 14.9 Å². The Morgan fingerprint density at radius 1 is 1.45 bits per heavy atom. The van der Waals surface area contributed by atoms with E-state index in [-0.39, 0.29) is 22.3 Å². The Kier molecular flexibility index (Phi) is 5.91. The lowest BCUT2D eigenvalue weighted by molar-refractivity contribution is -0.384. The van der Waals surface area contributed by atoms with Crippen LogP contribution < -0.4 is 11.1 Å². The van der Waals surface area contributed by atoms with E-state index in [1.807, 2.05) is 13.8 Å². The average Bonchev–Trinajstić information content (AvgIpc) is 2.36. The molecule has 110 valence electrons. The monoisotopic (exact) mass is 299 g/mol. The fourth-order valence-corrected chi connectivity index (χ4v) is 2.09. The predicted octanol–water partition coefficient (Wildman–Crippen LogP) is 2.35. The van der Waals surface area contributed by atoms with Crippen molar-refractivity contribution in [3.63, 3.8) is 0 Å². The Labute approximate surface area is 122 Å². The summed E-state index contributed by atoms with van der Waals surface area (Å²) >= 11 is 5.78. The molecule has 20 heavy (non-hydrogen) atoms. The maximum Gasteiger partial charge on any atom is 0.271 e. The van der Waals surface area contributed by atoms with Gasteiger partial charge in [-0.2, -0.15) is 0 Å². The number of benzene rings is 1. The van der Waals surface area contributed by atoms with Crippen molar-refractivity contribution in [1.29, 1.82) is 0 Å². The second-order valence-electron chi connectivity index (χ2n) is 4.99. The lowest BCUT2D eigenvalue weighted by atomic mass is 10.0. The number of carbonyl (C=O) groups excluding carboxylic acids is 1. The SMILES string of the molecule is CC(C)CC(CN)NC(=O)c1cc(Cl)cc([N+](=O)[O-])c1. The Morgan fingerprint density at radius 3 is 2.60 bits per heavy atom. The van der Waals surface area contributed by atoms with Crippen molar-refractivity contribution < 1.29 is 9.72 Å². The quantitative estimate of drug-likeness (QED) is 0.622. The molecule has 1 rings (SSSR count). The second-order valence-corrected chi connectivity index (χ2v) is 5.43. The van der Waals surface area contributed by atoms with Crippen molar-refractivity contribution in [2.75, 3.05) is 6.54 Å². The average molecular weight is 300 g/mol. The minimum atomic E-state index is -0.586. The Balaban J connectivity index is 2.88. The molecule has 0 saturated heterocycles. The lowest BCUT2D eigenvalue weighted by Crippen LogP contribution is -2.41. The van der Waals surface area contributed by atoms with Gasteiger partial charge in [-0.25, -0.2) is 0 Å². The summed E-state index contributed by atoms with van der Waals surface area (Å²) in [4.78, 5) is 22.2. The summed E-state index contributed by atoms with van der Waals surface area (Å²) in [6.07, 6.45) is 0.741. The van der Waals surface area contributed by atoms with Gasteiger partial charge in [-0.15, -0.1) is 0 Å². The highest BCUT2D eigenvalue weighted by Gasteiger charge is 2.17. The van der Waals surface area contributed by atoms with Crippen molar-refractivity contribution in [3.8, 4) is 0 Å². The zero-order chi connectivity index (χ0) is 15.3. The van der Waals surface area contributed by atoms with Crippen molar-refractivity contribution in [1.82, 2.24) is 5.32 Å². The van der Waals surface area contributed by atoms with Gasteiger partial charge >= 0.3 is 0 Å². The van der Waals surface area contributed by atoms with Gasteiger partial charge in [0.05, 0.1) is 4.92 Å². The Morgan fingerprint density at radius 2 is 2.10 bits per heavy atom. The smallest absolute Gasteiger partial charge is 0.271 e. The molecule has 7 heteroatoms. The predicted molar refractivity (Wildman–Crippen MR) is 77.9 cm³/mol. The van der Waals surface area contributed by atoms with Crippen LogP contribution in [-0.2, 0) is 0 Å². The van der Waals surface area contributed by atoms with E-state index in [1.165, 1.54) is 18.2 Å². The number of carbonyl (C=O) groups is 1. The number of nitrogens with zero attached hydrogens (tertiary/aromatic N) is 1. The van der Waals surface area contributed by atoms with Crippen LogP contribution in [0.15, 0.2) is 18.2 Å². The minimum absolute atomic E-state index is 0.150. The highest BCUT2D eigenvalue weighted by Crippen LogP contribution is 2.21. The number of nitro groups is 1. The summed E-state index contributed by atoms with van der Waals surface area (Å²) in [6.45, 7) is 4.37. The number of halogens is 1. The summed E-state index contributed by atoms with van der Waals surface area (Å²) in [5.41, 5.74) is 5.55. The topological polar surface area (TPSA) is 98.3 Å². The molecule has 0 aliphatic carbocycles. The van der Waals surface area contributed by atoms with Crippen LogP contribution in [0, 0.1) is 16.0 Å². The fraction of sp³-hybridized carbons (Fsp3) is 0.462. The standard InChI is InChI=1S/C13H18ClN3O3/c1-8(2)3-11(7-15)16-13(18)9-4-10(14)6-12(5-9)17(19)20/h4-6,8,11H,3,7,15H2,1-2H3,(H,16,18). The lowest BCUT2D eigenvalue weighted by Gasteiger charge is -2.18. The van der Waals surface area contributed by atoms with Crippen LogP contribution in [0.4, 0.5) is 5.69 Å². The molecule has 0 aliphatic heterocycles. The summed E-state index contributed by atoms with van der Waals surface area (Å²) < 4.78 is 0. The molecule has 0 fully saturated rings. The van der Waals surface area contributed by atoms with Crippen molar-refractivity contribution in [2.45, 2.75) is 26.3 Å². The number of amides is 1. The number of rotatable bonds is 6. The van der Waals surface area contributed by atoms with Gasteiger partial charge < -0.3 is 11.1 Å². The largest absolute Gasteiger partial charge is 0.348 e. The first-order valence-electron chi connectivity index (χ1n) is 6.29. The van der Waals surface area contributed by atoms with Crippen molar-refractivity contribution in [2.24, 2.45) is 11.7 Å². The molecule has 1 atom stereocenters. The summed E-state index contributed by atoms with van der Waals surface area (Å²) in [5, 5.41) is 13.7. The molecule has 1 amide bonds. The maximum atomic E-state index is 12.1. The van der Waals surface area contributed by atoms with Crippen LogP contribution in [0.1, 0.15) is 30.6 Å². The van der Waals surface area contributed by atoms with Crippen LogP contribution in [0.5, 0.6) is 0 Å². The van der Waals surface area contributed by atoms with Crippen LogP contribution in [0.25, 0.3) is 0 Å². The van der Waals surface area contributed by atoms with E-state index in [0.29, 0.717) is 12.5 Å². The van der Waals surface area contributed by atoms with E-state index in [0.717, 1.165) is 6.42 Å². The molecular weight excluding hydrogens is 282 g/mol. The molecule has 0 bridgehead atoms. The maximum absolute atomic E-state index is 12.1. The summed E-state index contributed by atoms with van der Waals surface area (Å²) in [5.74, 6) is -0.0238. The third kappa shape index (κ3) is 4.79. The minimum Gasteiger partial charge on any atom is -0.348 e. The number of nitro benzene ring substituents is 1. The van der Waals surface area contributed by atoms with E-state index in [1.54, 1.807) is 0 Å². The van der Waals surface area contributed by atoms with Gasteiger partial charge in [0.15, 0.2) is 0 Å². The van der Waals surface area contributed by atoms with E-state index in [2.05, 4.69) is 5.32 Å². The number of non-ortho nitro benzene ring substituents is 1. The third-order valence-electron chi connectivity index (χ3n) is 2.73. The number of nitrogens with two attached hydrogens (primary N) is 1. The van der Waals surface area contributed by atoms with Crippen LogP contribution in [0.2, 0.25) is 5.02 Å². The third-order valence-corrected chi connectivity index (χ3v) is 2.95. The van der Waals surface area contributed by atoms with Gasteiger partial charge in [-0.3, -0.25) is 14.9 Å². The van der Waals surface area contributed by atoms with Crippen LogP contribution in [0.3, 0.4) is 0 Å².